The Morgan fingerprint density at radius 3 is 2.51 bits per heavy atom. The second-order valence-corrected chi connectivity index (χ2v) is 12.5. The molecule has 1 N–H and O–H groups in total. The summed E-state index contributed by atoms with van der Waals surface area (Å²) in [6.07, 6.45) is 2.95. The van der Waals surface area contributed by atoms with Crippen LogP contribution in [0.5, 0.6) is 0 Å². The summed E-state index contributed by atoms with van der Waals surface area (Å²) in [5.41, 5.74) is 10.5. The number of fused-ring (bicyclic) bond motifs is 1. The molecule has 3 heterocycles. The Morgan fingerprint density at radius 1 is 1.07 bits per heavy atom. The van der Waals surface area contributed by atoms with E-state index in [0.717, 1.165) is 96.9 Å². The fraction of sp³-hybridized carbons (Fsp3) is 0.471. The maximum absolute atomic E-state index is 13.6. The Labute approximate surface area is 243 Å². The molecule has 5 rings (SSSR count). The van der Waals surface area contributed by atoms with Gasteiger partial charge in [-0.25, -0.2) is 4.39 Å². The topological polar surface area (TPSA) is 65.9 Å². The minimum atomic E-state index is -0.846. The van der Waals surface area contributed by atoms with Crippen LogP contribution in [0.15, 0.2) is 36.4 Å². The van der Waals surface area contributed by atoms with E-state index in [1.54, 1.807) is 19.2 Å². The van der Waals surface area contributed by atoms with Crippen LogP contribution in [0.4, 0.5) is 10.1 Å². The molecular formula is C34H42FN3O3. The van der Waals surface area contributed by atoms with E-state index in [0.29, 0.717) is 6.61 Å². The molecule has 3 aromatic rings. The molecule has 0 unspecified atom stereocenters. The minimum Gasteiger partial charge on any atom is -0.481 e. The van der Waals surface area contributed by atoms with Gasteiger partial charge >= 0.3 is 5.97 Å². The maximum atomic E-state index is 13.6. The number of methoxy groups -OCH3 is 1. The van der Waals surface area contributed by atoms with Crippen molar-refractivity contribution in [1.82, 2.24) is 9.88 Å². The molecule has 2 aliphatic rings. The number of aliphatic carboxylic acids is 1. The summed E-state index contributed by atoms with van der Waals surface area (Å²) < 4.78 is 19.2. The van der Waals surface area contributed by atoms with Crippen LogP contribution < -0.4 is 4.90 Å². The van der Waals surface area contributed by atoms with E-state index >= 15 is 0 Å². The Balaban J connectivity index is 1.53. The number of piperidine rings is 1. The molecule has 0 aliphatic carbocycles. The van der Waals surface area contributed by atoms with Gasteiger partial charge in [0.05, 0.1) is 24.4 Å². The lowest BCUT2D eigenvalue weighted by Gasteiger charge is -2.40. The first-order chi connectivity index (χ1) is 19.5. The molecule has 0 spiro atoms. The van der Waals surface area contributed by atoms with Crippen molar-refractivity contribution < 1.29 is 19.0 Å². The largest absolute Gasteiger partial charge is 0.481 e. The molecule has 0 saturated carbocycles. The number of aromatic nitrogens is 1. The van der Waals surface area contributed by atoms with Crippen LogP contribution in [0.3, 0.4) is 0 Å². The fourth-order valence-corrected chi connectivity index (χ4v) is 6.36. The summed E-state index contributed by atoms with van der Waals surface area (Å²) in [5.74, 6) is -1.04. The Kier molecular flexibility index (Phi) is 8.48. The number of rotatable bonds is 8. The Hall–Kier alpha value is -3.29. The molecule has 7 heteroatoms. The zero-order valence-corrected chi connectivity index (χ0v) is 25.0. The zero-order valence-electron chi connectivity index (χ0n) is 25.0. The molecule has 0 amide bonds. The van der Waals surface area contributed by atoms with Crippen molar-refractivity contribution in [1.29, 1.82) is 0 Å². The van der Waals surface area contributed by atoms with Crippen LogP contribution in [0.2, 0.25) is 0 Å². The van der Waals surface area contributed by atoms with E-state index < -0.39 is 5.97 Å². The smallest absolute Gasteiger partial charge is 0.307 e. The van der Waals surface area contributed by atoms with Crippen LogP contribution >= 0.6 is 0 Å². The lowest BCUT2D eigenvalue weighted by Crippen LogP contribution is -2.38. The highest BCUT2D eigenvalue weighted by Crippen LogP contribution is 2.42. The van der Waals surface area contributed by atoms with Crippen LogP contribution in [0.25, 0.3) is 11.1 Å². The van der Waals surface area contributed by atoms with Gasteiger partial charge in [0.25, 0.3) is 0 Å². The molecule has 1 fully saturated rings. The van der Waals surface area contributed by atoms with Crippen LogP contribution in [-0.4, -0.2) is 47.7 Å². The summed E-state index contributed by atoms with van der Waals surface area (Å²) in [6, 6.07) is 11.7. The van der Waals surface area contributed by atoms with Gasteiger partial charge in [0, 0.05) is 56.7 Å². The highest BCUT2D eigenvalue weighted by atomic mass is 19.1. The summed E-state index contributed by atoms with van der Waals surface area (Å²) in [6.45, 7) is 13.2. The van der Waals surface area contributed by atoms with E-state index in [-0.39, 0.29) is 17.7 Å². The minimum absolute atomic E-state index is 0.0585. The number of ether oxygens (including phenoxy) is 1. The van der Waals surface area contributed by atoms with Gasteiger partial charge in [-0.05, 0) is 78.5 Å². The van der Waals surface area contributed by atoms with Crippen molar-refractivity contribution in [2.45, 2.75) is 73.1 Å². The van der Waals surface area contributed by atoms with E-state index in [1.807, 2.05) is 19.9 Å². The van der Waals surface area contributed by atoms with Gasteiger partial charge in [0.15, 0.2) is 0 Å². The number of halogens is 1. The van der Waals surface area contributed by atoms with Gasteiger partial charge in [-0.1, -0.05) is 38.1 Å². The standard InChI is InChI=1S/C34H42FN3O3/c1-22-16-28(35)9-8-26(22)19-37-13-10-24-17-25(6-7-27(24)20-37)32-30(21-41-5)36-23(2)29(18-31(39)40)33(32)38-14-11-34(3,4)12-15-38/h6-9,16-17H,10-15,18-21H2,1-5H3,(H,39,40). The highest BCUT2D eigenvalue weighted by Gasteiger charge is 2.31. The fourth-order valence-electron chi connectivity index (χ4n) is 6.36. The third kappa shape index (κ3) is 6.47. The maximum Gasteiger partial charge on any atom is 0.307 e. The van der Waals surface area contributed by atoms with Gasteiger partial charge < -0.3 is 14.7 Å². The van der Waals surface area contributed by atoms with Crippen LogP contribution in [-0.2, 0) is 42.1 Å². The molecule has 0 bridgehead atoms. The first kappa shape index (κ1) is 29.2. The number of nitrogens with zero attached hydrogens (tertiary/aromatic N) is 3. The molecule has 0 radical (unpaired) electrons. The average Bonchev–Trinajstić information content (AvgIpc) is 2.91. The van der Waals surface area contributed by atoms with Gasteiger partial charge in [0.1, 0.15) is 5.82 Å². The lowest BCUT2D eigenvalue weighted by molar-refractivity contribution is -0.136. The molecule has 41 heavy (non-hydrogen) atoms. The molecular weight excluding hydrogens is 517 g/mol. The number of benzene rings is 2. The third-order valence-corrected chi connectivity index (χ3v) is 8.88. The van der Waals surface area contributed by atoms with Crippen molar-refractivity contribution >= 4 is 11.7 Å². The number of pyridine rings is 1. The summed E-state index contributed by atoms with van der Waals surface area (Å²) in [7, 11) is 1.68. The van der Waals surface area contributed by atoms with E-state index in [9.17, 15) is 14.3 Å². The predicted octanol–water partition coefficient (Wildman–Crippen LogP) is 6.46. The van der Waals surface area contributed by atoms with Gasteiger partial charge in [-0.15, -0.1) is 0 Å². The number of carboxylic acids is 1. The summed E-state index contributed by atoms with van der Waals surface area (Å²) in [4.78, 5) is 21.7. The molecule has 218 valence electrons. The SMILES string of the molecule is COCc1nc(C)c(CC(=O)O)c(N2CCC(C)(C)CC2)c1-c1ccc2c(c1)CCN(Cc1ccc(F)cc1C)C2. The monoisotopic (exact) mass is 559 g/mol. The van der Waals surface area contributed by atoms with Gasteiger partial charge in [0.2, 0.25) is 0 Å². The second-order valence-electron chi connectivity index (χ2n) is 12.5. The third-order valence-electron chi connectivity index (χ3n) is 8.88. The predicted molar refractivity (Wildman–Crippen MR) is 161 cm³/mol. The molecule has 6 nitrogen and oxygen atoms in total. The molecule has 2 aromatic carbocycles. The van der Waals surface area contributed by atoms with E-state index in [1.165, 1.54) is 11.1 Å². The molecule has 1 saturated heterocycles. The molecule has 0 atom stereocenters. The van der Waals surface area contributed by atoms with Gasteiger partial charge in [-0.2, -0.15) is 0 Å². The average molecular weight is 560 g/mol. The van der Waals surface area contributed by atoms with E-state index in [4.69, 9.17) is 9.72 Å². The number of carbonyl (C=O) groups is 1. The quantitative estimate of drug-likeness (QED) is 0.342. The number of hydrogen-bond acceptors (Lipinski definition) is 5. The van der Waals surface area contributed by atoms with Crippen molar-refractivity contribution in [3.8, 4) is 11.1 Å². The first-order valence-electron chi connectivity index (χ1n) is 14.6. The molecule has 1 aromatic heterocycles. The van der Waals surface area contributed by atoms with Crippen molar-refractivity contribution in [2.75, 3.05) is 31.6 Å². The van der Waals surface area contributed by atoms with Crippen molar-refractivity contribution in [3.63, 3.8) is 0 Å². The lowest BCUT2D eigenvalue weighted by atomic mass is 9.81. The highest BCUT2D eigenvalue weighted by molar-refractivity contribution is 5.86. The van der Waals surface area contributed by atoms with Crippen LogP contribution in [0.1, 0.15) is 65.9 Å². The first-order valence-corrected chi connectivity index (χ1v) is 14.6. The zero-order chi connectivity index (χ0) is 29.3. The second kappa shape index (κ2) is 11.9. The Bertz CT molecular complexity index is 1440. The number of carboxylic acid groups (broad SMARTS) is 1. The van der Waals surface area contributed by atoms with Crippen LogP contribution in [0, 0.1) is 25.1 Å². The number of hydrogen-bond donors (Lipinski definition) is 1. The van der Waals surface area contributed by atoms with E-state index in [2.05, 4.69) is 41.8 Å². The molecule has 2 aliphatic heterocycles. The Morgan fingerprint density at radius 2 is 1.83 bits per heavy atom. The van der Waals surface area contributed by atoms with Crippen molar-refractivity contribution in [2.24, 2.45) is 5.41 Å². The van der Waals surface area contributed by atoms with Crippen molar-refractivity contribution in [3.05, 3.63) is 81.4 Å². The normalized spacial score (nSPS) is 17.0. The number of aryl methyl sites for hydroxylation is 2. The number of anilines is 1. The summed E-state index contributed by atoms with van der Waals surface area (Å²) >= 11 is 0. The summed E-state index contributed by atoms with van der Waals surface area (Å²) in [5, 5.41) is 9.86. The van der Waals surface area contributed by atoms with Gasteiger partial charge in [-0.3, -0.25) is 14.7 Å².